The van der Waals surface area contributed by atoms with Gasteiger partial charge in [0.05, 0.1) is 0 Å². The lowest BCUT2D eigenvalue weighted by Gasteiger charge is -2.16. The second-order valence-electron chi connectivity index (χ2n) is 4.42. The topological polar surface area (TPSA) is 76.5 Å². The maximum atomic E-state index is 12.2. The first kappa shape index (κ1) is 13.3. The third-order valence-corrected chi connectivity index (χ3v) is 2.86. The molecule has 2 rings (SSSR count). The van der Waals surface area contributed by atoms with Crippen LogP contribution in [0.5, 0.6) is 0 Å². The highest BCUT2D eigenvalue weighted by Gasteiger charge is 2.22. The van der Waals surface area contributed by atoms with Gasteiger partial charge in [-0.25, -0.2) is 0 Å². The molecule has 0 bridgehead atoms. The summed E-state index contributed by atoms with van der Waals surface area (Å²) in [4.78, 5) is 24.7. The number of amides is 2. The lowest BCUT2D eigenvalue weighted by molar-refractivity contribution is -0.126. The summed E-state index contributed by atoms with van der Waals surface area (Å²) in [6, 6.07) is 7.32. The number of carbonyl (C=O) groups is 2. The Bertz CT molecular complexity index is 631. The quantitative estimate of drug-likeness (QED) is 0.911. The molecular formula is C14H16N2O3. The van der Waals surface area contributed by atoms with E-state index in [1.165, 1.54) is 6.92 Å². The van der Waals surface area contributed by atoms with E-state index in [1.807, 2.05) is 25.1 Å². The molecule has 1 aromatic heterocycles. The van der Waals surface area contributed by atoms with Crippen molar-refractivity contribution < 1.29 is 14.0 Å². The molecule has 0 fully saturated rings. The Balaban J connectivity index is 2.37. The van der Waals surface area contributed by atoms with Gasteiger partial charge in [-0.2, -0.15) is 0 Å². The van der Waals surface area contributed by atoms with Gasteiger partial charge in [0.2, 0.25) is 5.91 Å². The van der Waals surface area contributed by atoms with Crippen molar-refractivity contribution in [2.75, 3.05) is 13.1 Å². The molecule has 0 spiro atoms. The summed E-state index contributed by atoms with van der Waals surface area (Å²) in [7, 11) is 0. The minimum Gasteiger partial charge on any atom is -0.451 e. The number of carbonyl (C=O) groups excluding carboxylic acids is 2. The average Bonchev–Trinajstić information content (AvgIpc) is 2.77. The predicted molar refractivity (Wildman–Crippen MR) is 71.7 cm³/mol. The maximum Gasteiger partial charge on any atom is 0.296 e. The first-order valence-corrected chi connectivity index (χ1v) is 6.05. The second kappa shape index (κ2) is 5.24. The zero-order valence-electron chi connectivity index (χ0n) is 11.0. The Morgan fingerprint density at radius 2 is 2.05 bits per heavy atom. The summed E-state index contributed by atoms with van der Waals surface area (Å²) in [5.41, 5.74) is 7.09. The van der Waals surface area contributed by atoms with Crippen molar-refractivity contribution in [1.29, 1.82) is 0 Å². The molecule has 0 radical (unpaired) electrons. The largest absolute Gasteiger partial charge is 0.451 e. The minimum atomic E-state index is -0.452. The van der Waals surface area contributed by atoms with Gasteiger partial charge in [0.1, 0.15) is 5.58 Å². The molecule has 2 aromatic rings. The van der Waals surface area contributed by atoms with Crippen LogP contribution < -0.4 is 5.73 Å². The lowest BCUT2D eigenvalue weighted by atomic mass is 10.2. The maximum absolute atomic E-state index is 12.2. The number of rotatable bonds is 3. The highest BCUT2D eigenvalue weighted by molar-refractivity contribution is 6.04. The fourth-order valence-electron chi connectivity index (χ4n) is 1.91. The van der Waals surface area contributed by atoms with E-state index >= 15 is 0 Å². The molecule has 0 aliphatic heterocycles. The van der Waals surface area contributed by atoms with E-state index in [-0.39, 0.29) is 24.8 Å². The highest BCUT2D eigenvalue weighted by atomic mass is 16.3. The Labute approximate surface area is 111 Å². The Kier molecular flexibility index (Phi) is 3.66. The van der Waals surface area contributed by atoms with Crippen LogP contribution in [-0.2, 0) is 4.79 Å². The number of fused-ring (bicyclic) bond motifs is 1. The highest BCUT2D eigenvalue weighted by Crippen LogP contribution is 2.21. The van der Waals surface area contributed by atoms with Crippen LogP contribution in [0, 0.1) is 6.92 Å². The summed E-state index contributed by atoms with van der Waals surface area (Å²) in [6.45, 7) is 3.69. The van der Waals surface area contributed by atoms with Gasteiger partial charge in [0, 0.05) is 25.4 Å². The molecule has 5 heteroatoms. The number of nitrogens with zero attached hydrogens (tertiary/aromatic N) is 1. The first-order valence-electron chi connectivity index (χ1n) is 6.05. The van der Waals surface area contributed by atoms with Gasteiger partial charge in [0.15, 0.2) is 5.76 Å². The first-order chi connectivity index (χ1) is 9.02. The average molecular weight is 260 g/mol. The summed E-state index contributed by atoms with van der Waals surface area (Å²) in [5, 5.41) is 0.838. The van der Waals surface area contributed by atoms with Crippen molar-refractivity contribution in [2.45, 2.75) is 13.8 Å². The monoisotopic (exact) mass is 260 g/mol. The van der Waals surface area contributed by atoms with E-state index in [1.54, 1.807) is 6.07 Å². The number of hydrogen-bond donors (Lipinski definition) is 1. The van der Waals surface area contributed by atoms with Crippen LogP contribution in [0.3, 0.4) is 0 Å². The number of benzene rings is 1. The fourth-order valence-corrected chi connectivity index (χ4v) is 1.91. The second-order valence-corrected chi connectivity index (χ2v) is 4.42. The number of aryl methyl sites for hydroxylation is 1. The van der Waals surface area contributed by atoms with Crippen molar-refractivity contribution in [1.82, 2.24) is 4.90 Å². The molecule has 19 heavy (non-hydrogen) atoms. The molecule has 0 unspecified atom stereocenters. The smallest absolute Gasteiger partial charge is 0.296 e. The van der Waals surface area contributed by atoms with Gasteiger partial charge in [-0.15, -0.1) is 0 Å². The normalized spacial score (nSPS) is 10.7. The Hall–Kier alpha value is -2.14. The van der Waals surface area contributed by atoms with Crippen LogP contribution >= 0.6 is 0 Å². The van der Waals surface area contributed by atoms with Gasteiger partial charge >= 0.3 is 0 Å². The Morgan fingerprint density at radius 1 is 1.32 bits per heavy atom. The number of furan rings is 1. The molecule has 100 valence electrons. The minimum absolute atomic E-state index is 0.157. The van der Waals surface area contributed by atoms with Crippen molar-refractivity contribution in [2.24, 2.45) is 5.73 Å². The number of nitrogens with two attached hydrogens (primary N) is 1. The summed E-state index contributed by atoms with van der Waals surface area (Å²) in [6.07, 6.45) is 0. The molecule has 0 atom stereocenters. The predicted octanol–water partition coefficient (Wildman–Crippen LogP) is 1.69. The molecule has 0 aliphatic carbocycles. The van der Waals surface area contributed by atoms with Crippen LogP contribution in [0.15, 0.2) is 28.7 Å². The number of hydrogen-bond acceptors (Lipinski definition) is 4. The summed E-state index contributed by atoms with van der Waals surface area (Å²) in [5.74, 6) is -0.636. The summed E-state index contributed by atoms with van der Waals surface area (Å²) >= 11 is 0. The van der Waals surface area contributed by atoms with Crippen LogP contribution in [0.4, 0.5) is 0 Å². The molecular weight excluding hydrogens is 244 g/mol. The lowest BCUT2D eigenvalue weighted by Crippen LogP contribution is -2.38. The third kappa shape index (κ3) is 2.66. The van der Waals surface area contributed by atoms with Crippen molar-refractivity contribution in [3.8, 4) is 0 Å². The summed E-state index contributed by atoms with van der Waals surface area (Å²) < 4.78 is 5.50. The van der Waals surface area contributed by atoms with E-state index in [9.17, 15) is 9.59 Å². The van der Waals surface area contributed by atoms with Crippen LogP contribution in [0.1, 0.15) is 23.0 Å². The van der Waals surface area contributed by atoms with E-state index < -0.39 is 5.91 Å². The molecule has 0 aliphatic rings. The molecule has 1 aromatic carbocycles. The van der Waals surface area contributed by atoms with E-state index in [4.69, 9.17) is 10.2 Å². The molecule has 5 nitrogen and oxygen atoms in total. The van der Waals surface area contributed by atoms with Crippen LogP contribution in [0.2, 0.25) is 0 Å². The van der Waals surface area contributed by atoms with Crippen molar-refractivity contribution in [3.63, 3.8) is 0 Å². The Morgan fingerprint density at radius 3 is 2.68 bits per heavy atom. The van der Waals surface area contributed by atoms with Gasteiger partial charge in [-0.1, -0.05) is 12.1 Å². The van der Waals surface area contributed by atoms with Gasteiger partial charge < -0.3 is 10.2 Å². The molecule has 0 saturated carbocycles. The van der Waals surface area contributed by atoms with E-state index in [2.05, 4.69) is 0 Å². The van der Waals surface area contributed by atoms with Crippen LogP contribution in [0.25, 0.3) is 11.0 Å². The van der Waals surface area contributed by atoms with Gasteiger partial charge in [-0.3, -0.25) is 14.5 Å². The standard InChI is InChI=1S/C14H16N2O3/c1-9-3-4-11-8-13(19-12(11)7-9)14(18)16(6-5-15)10(2)17/h3-4,7-8H,5-6,15H2,1-2H3. The molecule has 2 amide bonds. The third-order valence-electron chi connectivity index (χ3n) is 2.86. The molecule has 0 saturated heterocycles. The van der Waals surface area contributed by atoms with Crippen LogP contribution in [-0.4, -0.2) is 29.8 Å². The number of imide groups is 1. The van der Waals surface area contributed by atoms with Gasteiger partial charge in [-0.05, 0) is 24.6 Å². The SMILES string of the molecule is CC(=O)N(CCN)C(=O)c1cc2ccc(C)cc2o1. The zero-order chi connectivity index (χ0) is 14.0. The van der Waals surface area contributed by atoms with Crippen molar-refractivity contribution >= 4 is 22.8 Å². The zero-order valence-corrected chi connectivity index (χ0v) is 11.0. The molecule has 2 N–H and O–H groups in total. The van der Waals surface area contributed by atoms with Crippen molar-refractivity contribution in [3.05, 3.63) is 35.6 Å². The van der Waals surface area contributed by atoms with E-state index in [0.717, 1.165) is 15.8 Å². The van der Waals surface area contributed by atoms with E-state index in [0.29, 0.717) is 5.58 Å². The van der Waals surface area contributed by atoms with Gasteiger partial charge in [0.25, 0.3) is 5.91 Å². The fraction of sp³-hybridized carbons (Fsp3) is 0.286. The molecule has 1 heterocycles.